The van der Waals surface area contributed by atoms with Crippen LogP contribution in [0, 0.1) is 11.5 Å². The van der Waals surface area contributed by atoms with Crippen LogP contribution in [0.3, 0.4) is 0 Å². The molecule has 0 bridgehead atoms. The highest BCUT2D eigenvalue weighted by atomic mass is 28.3. The van der Waals surface area contributed by atoms with E-state index < -0.39 is 8.07 Å². The molecule has 22 heavy (non-hydrogen) atoms. The highest BCUT2D eigenvalue weighted by molar-refractivity contribution is 6.84. The number of hydrogen-bond donors (Lipinski definition) is 0. The van der Waals surface area contributed by atoms with Gasteiger partial charge in [-0.05, 0) is 23.1 Å². The molecule has 0 heterocycles. The molecular formula is C20H20OSi. The van der Waals surface area contributed by atoms with Gasteiger partial charge in [-0.2, -0.15) is 0 Å². The van der Waals surface area contributed by atoms with Gasteiger partial charge < -0.3 is 0 Å². The second-order valence-electron chi connectivity index (χ2n) is 6.16. The van der Waals surface area contributed by atoms with Crippen LogP contribution in [0.2, 0.25) is 19.6 Å². The topological polar surface area (TPSA) is 17.1 Å². The first-order chi connectivity index (χ1) is 10.5. The van der Waals surface area contributed by atoms with E-state index in [0.29, 0.717) is 5.57 Å². The fourth-order valence-corrected chi connectivity index (χ4v) is 2.41. The first-order valence-electron chi connectivity index (χ1n) is 7.35. The van der Waals surface area contributed by atoms with Crippen LogP contribution in [0.5, 0.6) is 0 Å². The summed E-state index contributed by atoms with van der Waals surface area (Å²) in [6, 6.07) is 19.6. The summed E-state index contributed by atoms with van der Waals surface area (Å²) in [6.45, 7) is 6.41. The predicted octanol–water partition coefficient (Wildman–Crippen LogP) is 4.68. The molecule has 0 unspecified atom stereocenters. The smallest absolute Gasteiger partial charge is 0.235 e. The van der Waals surface area contributed by atoms with E-state index in [0.717, 1.165) is 11.1 Å². The summed E-state index contributed by atoms with van der Waals surface area (Å²) >= 11 is 0. The average Bonchev–Trinajstić information content (AvgIpc) is 2.51. The lowest BCUT2D eigenvalue weighted by Crippen LogP contribution is -2.17. The van der Waals surface area contributed by atoms with Gasteiger partial charge in [-0.25, -0.2) is 0 Å². The van der Waals surface area contributed by atoms with Crippen molar-refractivity contribution in [2.24, 2.45) is 0 Å². The fourth-order valence-electron chi connectivity index (χ4n) is 1.93. The number of carbonyl (C=O) groups is 1. The van der Waals surface area contributed by atoms with Gasteiger partial charge in [0.15, 0.2) is 0 Å². The van der Waals surface area contributed by atoms with E-state index in [1.807, 2.05) is 66.7 Å². The summed E-state index contributed by atoms with van der Waals surface area (Å²) in [5, 5.41) is 0. The lowest BCUT2D eigenvalue weighted by Gasteiger charge is -2.06. The normalized spacial score (nSPS) is 11.5. The molecule has 2 aromatic carbocycles. The van der Waals surface area contributed by atoms with Gasteiger partial charge in [0.25, 0.3) is 0 Å². The summed E-state index contributed by atoms with van der Waals surface area (Å²) in [4.78, 5) is 12.6. The van der Waals surface area contributed by atoms with Crippen LogP contribution in [0.4, 0.5) is 0 Å². The number of Topliss-reactive ketones (excluding diaryl/α,β-unsaturated/α-hetero) is 1. The molecule has 0 saturated heterocycles. The number of carbonyl (C=O) groups excluding carboxylic acids is 1. The Morgan fingerprint density at radius 3 is 2.00 bits per heavy atom. The van der Waals surface area contributed by atoms with E-state index in [1.165, 1.54) is 0 Å². The Labute approximate surface area is 133 Å². The Balaban J connectivity index is 2.45. The van der Waals surface area contributed by atoms with Crippen LogP contribution in [-0.4, -0.2) is 13.9 Å². The number of rotatable bonds is 3. The SMILES string of the molecule is C[Si](C)(C)C#CC(=O)/C(=C/c1ccccc1)c1ccccc1. The van der Waals surface area contributed by atoms with Gasteiger partial charge in [-0.1, -0.05) is 80.3 Å². The van der Waals surface area contributed by atoms with Gasteiger partial charge in [0.1, 0.15) is 8.07 Å². The molecule has 0 aromatic heterocycles. The van der Waals surface area contributed by atoms with E-state index in [-0.39, 0.29) is 5.78 Å². The lowest BCUT2D eigenvalue weighted by atomic mass is 9.99. The molecular weight excluding hydrogens is 284 g/mol. The van der Waals surface area contributed by atoms with Gasteiger partial charge in [0.2, 0.25) is 5.78 Å². The highest BCUT2D eigenvalue weighted by Crippen LogP contribution is 2.19. The maximum absolute atomic E-state index is 12.6. The Hall–Kier alpha value is -2.37. The first-order valence-corrected chi connectivity index (χ1v) is 10.9. The summed E-state index contributed by atoms with van der Waals surface area (Å²) < 4.78 is 0. The Morgan fingerprint density at radius 2 is 1.45 bits per heavy atom. The summed E-state index contributed by atoms with van der Waals surface area (Å²) in [5.41, 5.74) is 5.71. The summed E-state index contributed by atoms with van der Waals surface area (Å²) in [7, 11) is -1.57. The molecule has 110 valence electrons. The van der Waals surface area contributed by atoms with Crippen molar-refractivity contribution in [1.29, 1.82) is 0 Å². The maximum Gasteiger partial charge on any atom is 0.235 e. The monoisotopic (exact) mass is 304 g/mol. The molecule has 0 fully saturated rings. The summed E-state index contributed by atoms with van der Waals surface area (Å²) in [5.74, 6) is 2.73. The van der Waals surface area contributed by atoms with Gasteiger partial charge in [0, 0.05) is 5.57 Å². The minimum Gasteiger partial charge on any atom is -0.279 e. The number of allylic oxidation sites excluding steroid dienone is 1. The van der Waals surface area contributed by atoms with E-state index in [2.05, 4.69) is 31.1 Å². The molecule has 0 aliphatic heterocycles. The molecule has 0 spiro atoms. The Bertz CT molecular complexity index is 726. The zero-order valence-electron chi connectivity index (χ0n) is 13.3. The Kier molecular flexibility index (Phi) is 5.14. The van der Waals surface area contributed by atoms with Gasteiger partial charge in [-0.3, -0.25) is 4.79 Å². The molecule has 1 nitrogen and oxygen atoms in total. The van der Waals surface area contributed by atoms with Crippen LogP contribution in [0.1, 0.15) is 11.1 Å². The zero-order valence-corrected chi connectivity index (χ0v) is 14.3. The van der Waals surface area contributed by atoms with Crippen molar-refractivity contribution in [3.05, 3.63) is 71.8 Å². The standard InChI is InChI=1S/C20H20OSi/c1-22(2,3)15-14-20(21)19(18-12-8-5-9-13-18)16-17-10-6-4-7-11-17/h4-13,16H,1-3H3/b19-16+. The van der Waals surface area contributed by atoms with Crippen molar-refractivity contribution in [2.45, 2.75) is 19.6 Å². The molecule has 0 amide bonds. The molecule has 0 N–H and O–H groups in total. The predicted molar refractivity (Wildman–Crippen MR) is 96.9 cm³/mol. The van der Waals surface area contributed by atoms with Gasteiger partial charge in [0.05, 0.1) is 0 Å². The van der Waals surface area contributed by atoms with Crippen molar-refractivity contribution in [2.75, 3.05) is 0 Å². The van der Waals surface area contributed by atoms with Crippen molar-refractivity contribution in [3.8, 4) is 11.5 Å². The maximum atomic E-state index is 12.6. The molecule has 0 saturated carbocycles. The molecule has 0 atom stereocenters. The van der Waals surface area contributed by atoms with Crippen LogP contribution in [-0.2, 0) is 4.79 Å². The van der Waals surface area contributed by atoms with E-state index in [1.54, 1.807) is 0 Å². The highest BCUT2D eigenvalue weighted by Gasteiger charge is 2.12. The number of ketones is 1. The minimum absolute atomic E-state index is 0.113. The Morgan fingerprint density at radius 1 is 0.909 bits per heavy atom. The van der Waals surface area contributed by atoms with Crippen LogP contribution in [0.15, 0.2) is 60.7 Å². The fraction of sp³-hybridized carbons (Fsp3) is 0.150. The van der Waals surface area contributed by atoms with E-state index in [9.17, 15) is 4.79 Å². The van der Waals surface area contributed by atoms with Gasteiger partial charge in [-0.15, -0.1) is 5.54 Å². The quantitative estimate of drug-likeness (QED) is 0.348. The second kappa shape index (κ2) is 7.06. The molecule has 2 rings (SSSR count). The van der Waals surface area contributed by atoms with Crippen molar-refractivity contribution in [1.82, 2.24) is 0 Å². The van der Waals surface area contributed by atoms with Gasteiger partial charge >= 0.3 is 0 Å². The minimum atomic E-state index is -1.57. The third-order valence-electron chi connectivity index (χ3n) is 2.99. The second-order valence-corrected chi connectivity index (χ2v) is 10.9. The molecule has 2 aromatic rings. The largest absolute Gasteiger partial charge is 0.279 e. The van der Waals surface area contributed by atoms with Crippen LogP contribution >= 0.6 is 0 Å². The first kappa shape index (κ1) is 16.0. The van der Waals surface area contributed by atoms with Crippen LogP contribution < -0.4 is 0 Å². The molecule has 0 aliphatic rings. The van der Waals surface area contributed by atoms with Crippen molar-refractivity contribution >= 4 is 25.5 Å². The third kappa shape index (κ3) is 4.87. The zero-order chi connectivity index (χ0) is 16.0. The van der Waals surface area contributed by atoms with Crippen molar-refractivity contribution < 1.29 is 4.79 Å². The summed E-state index contributed by atoms with van der Waals surface area (Å²) in [6.07, 6.45) is 1.91. The molecule has 2 heteroatoms. The van der Waals surface area contributed by atoms with E-state index in [4.69, 9.17) is 0 Å². The van der Waals surface area contributed by atoms with E-state index >= 15 is 0 Å². The molecule has 0 aliphatic carbocycles. The number of hydrogen-bond acceptors (Lipinski definition) is 1. The number of benzene rings is 2. The lowest BCUT2D eigenvalue weighted by molar-refractivity contribution is -0.108. The average molecular weight is 304 g/mol. The molecule has 0 radical (unpaired) electrons. The van der Waals surface area contributed by atoms with Crippen molar-refractivity contribution in [3.63, 3.8) is 0 Å². The third-order valence-corrected chi connectivity index (χ3v) is 3.87. The van der Waals surface area contributed by atoms with Crippen LogP contribution in [0.25, 0.3) is 11.6 Å².